The molecule has 1 aromatic heterocycles. The summed E-state index contributed by atoms with van der Waals surface area (Å²) >= 11 is 0. The summed E-state index contributed by atoms with van der Waals surface area (Å²) in [7, 11) is 0. The van der Waals surface area contributed by atoms with E-state index in [1.807, 2.05) is 0 Å². The molecule has 1 aromatic rings. The highest BCUT2D eigenvalue weighted by molar-refractivity contribution is 5.51. The molecule has 86 valence electrons. The fourth-order valence-corrected chi connectivity index (χ4v) is 2.56. The molecule has 2 heterocycles. The first-order valence-electron chi connectivity index (χ1n) is 6.25. The van der Waals surface area contributed by atoms with E-state index in [0.717, 1.165) is 18.8 Å². The molecule has 1 aliphatic carbocycles. The van der Waals surface area contributed by atoms with Crippen molar-refractivity contribution in [1.29, 1.82) is 0 Å². The molecule has 1 saturated carbocycles. The summed E-state index contributed by atoms with van der Waals surface area (Å²) in [5, 5.41) is 3.38. The Morgan fingerprint density at radius 1 is 1.12 bits per heavy atom. The van der Waals surface area contributed by atoms with Crippen LogP contribution >= 0.6 is 0 Å². The molecule has 1 aliphatic heterocycles. The minimum atomic E-state index is 0.426. The van der Waals surface area contributed by atoms with Crippen molar-refractivity contribution in [3.63, 3.8) is 0 Å². The Morgan fingerprint density at radius 3 is 2.75 bits per heavy atom. The van der Waals surface area contributed by atoms with E-state index in [4.69, 9.17) is 5.73 Å². The summed E-state index contributed by atoms with van der Waals surface area (Å²) in [6.07, 6.45) is 7.41. The van der Waals surface area contributed by atoms with Crippen molar-refractivity contribution >= 4 is 11.8 Å². The van der Waals surface area contributed by atoms with Gasteiger partial charge < -0.3 is 11.1 Å². The number of aromatic nitrogens is 2. The smallest absolute Gasteiger partial charge is 0.222 e. The highest BCUT2D eigenvalue weighted by Crippen LogP contribution is 2.39. The van der Waals surface area contributed by atoms with Crippen molar-refractivity contribution in [3.05, 3.63) is 11.3 Å². The van der Waals surface area contributed by atoms with Gasteiger partial charge in [0, 0.05) is 18.0 Å². The molecule has 0 bridgehead atoms. The molecule has 2 aliphatic rings. The van der Waals surface area contributed by atoms with E-state index < -0.39 is 0 Å². The summed E-state index contributed by atoms with van der Waals surface area (Å²) in [5.74, 6) is 2.06. The zero-order valence-electron chi connectivity index (χ0n) is 9.50. The molecular formula is C12H18N4. The number of fused-ring (bicyclic) bond motifs is 1. The standard InChI is InChI=1S/C12H18N4/c13-12-15-10(8-4-3-5-8)9-6-1-2-7-14-11(9)16-12/h8H,1-7H2,(H3,13,14,15,16). The van der Waals surface area contributed by atoms with Crippen LogP contribution in [0, 0.1) is 0 Å². The molecule has 0 unspecified atom stereocenters. The number of hydrogen-bond donors (Lipinski definition) is 2. The highest BCUT2D eigenvalue weighted by Gasteiger charge is 2.26. The van der Waals surface area contributed by atoms with Gasteiger partial charge in [-0.05, 0) is 32.1 Å². The normalized spacial score (nSPS) is 20.5. The molecular weight excluding hydrogens is 200 g/mol. The van der Waals surface area contributed by atoms with Crippen LogP contribution in [0.15, 0.2) is 0 Å². The van der Waals surface area contributed by atoms with Gasteiger partial charge in [0.05, 0.1) is 5.69 Å². The van der Waals surface area contributed by atoms with Crippen molar-refractivity contribution < 1.29 is 0 Å². The monoisotopic (exact) mass is 218 g/mol. The zero-order chi connectivity index (χ0) is 11.0. The van der Waals surface area contributed by atoms with Gasteiger partial charge in [0.15, 0.2) is 0 Å². The van der Waals surface area contributed by atoms with Crippen LogP contribution in [0.3, 0.4) is 0 Å². The second-order valence-corrected chi connectivity index (χ2v) is 4.81. The summed E-state index contributed by atoms with van der Waals surface area (Å²) in [5.41, 5.74) is 8.34. The molecule has 0 saturated heterocycles. The van der Waals surface area contributed by atoms with Crippen molar-refractivity contribution in [3.8, 4) is 0 Å². The first-order chi connectivity index (χ1) is 7.84. The third-order valence-electron chi connectivity index (χ3n) is 3.69. The van der Waals surface area contributed by atoms with Gasteiger partial charge in [0.1, 0.15) is 5.82 Å². The summed E-state index contributed by atoms with van der Waals surface area (Å²) < 4.78 is 0. The van der Waals surface area contributed by atoms with Gasteiger partial charge >= 0.3 is 0 Å². The van der Waals surface area contributed by atoms with E-state index in [0.29, 0.717) is 11.9 Å². The number of nitrogens with zero attached hydrogens (tertiary/aromatic N) is 2. The molecule has 4 heteroatoms. The van der Waals surface area contributed by atoms with E-state index in [1.54, 1.807) is 0 Å². The average Bonchev–Trinajstić information content (AvgIpc) is 2.39. The van der Waals surface area contributed by atoms with Crippen LogP contribution in [0.25, 0.3) is 0 Å². The number of nitrogens with one attached hydrogen (secondary N) is 1. The van der Waals surface area contributed by atoms with Crippen LogP contribution in [0.2, 0.25) is 0 Å². The van der Waals surface area contributed by atoms with Crippen LogP contribution in [0.1, 0.15) is 49.3 Å². The van der Waals surface area contributed by atoms with Gasteiger partial charge in [-0.2, -0.15) is 4.98 Å². The van der Waals surface area contributed by atoms with Crippen LogP contribution in [-0.2, 0) is 6.42 Å². The zero-order valence-corrected chi connectivity index (χ0v) is 9.50. The van der Waals surface area contributed by atoms with Gasteiger partial charge in [-0.3, -0.25) is 0 Å². The lowest BCUT2D eigenvalue weighted by molar-refractivity contribution is 0.408. The molecule has 3 rings (SSSR count). The van der Waals surface area contributed by atoms with Gasteiger partial charge in [-0.25, -0.2) is 4.98 Å². The summed E-state index contributed by atoms with van der Waals surface area (Å²) in [6, 6.07) is 0. The Balaban J connectivity index is 2.04. The Labute approximate surface area is 95.7 Å². The predicted molar refractivity (Wildman–Crippen MR) is 64.5 cm³/mol. The van der Waals surface area contributed by atoms with E-state index in [2.05, 4.69) is 15.3 Å². The molecule has 0 atom stereocenters. The second-order valence-electron chi connectivity index (χ2n) is 4.81. The van der Waals surface area contributed by atoms with Crippen LogP contribution in [-0.4, -0.2) is 16.5 Å². The predicted octanol–water partition coefficient (Wildman–Crippen LogP) is 2.07. The fraction of sp³-hybridized carbons (Fsp3) is 0.667. The van der Waals surface area contributed by atoms with Crippen molar-refractivity contribution in [1.82, 2.24) is 9.97 Å². The number of nitrogens with two attached hydrogens (primary N) is 1. The SMILES string of the molecule is Nc1nc2c(c(C3CCC3)n1)CCCCN2. The van der Waals surface area contributed by atoms with Crippen molar-refractivity contribution in [2.45, 2.75) is 44.4 Å². The van der Waals surface area contributed by atoms with E-state index in [-0.39, 0.29) is 0 Å². The maximum Gasteiger partial charge on any atom is 0.222 e. The Kier molecular flexibility index (Phi) is 2.42. The molecule has 0 aromatic carbocycles. The summed E-state index contributed by atoms with van der Waals surface area (Å²) in [6.45, 7) is 1.01. The first kappa shape index (κ1) is 9.87. The minimum Gasteiger partial charge on any atom is -0.370 e. The number of anilines is 2. The van der Waals surface area contributed by atoms with E-state index in [9.17, 15) is 0 Å². The maximum absolute atomic E-state index is 5.79. The third kappa shape index (κ3) is 1.62. The molecule has 0 radical (unpaired) electrons. The Hall–Kier alpha value is -1.32. The molecule has 0 amide bonds. The quantitative estimate of drug-likeness (QED) is 0.757. The topological polar surface area (TPSA) is 63.8 Å². The molecule has 4 nitrogen and oxygen atoms in total. The van der Waals surface area contributed by atoms with Crippen molar-refractivity contribution in [2.24, 2.45) is 0 Å². The minimum absolute atomic E-state index is 0.426. The second kappa shape index (κ2) is 3.92. The van der Waals surface area contributed by atoms with Gasteiger partial charge in [-0.1, -0.05) is 6.42 Å². The molecule has 16 heavy (non-hydrogen) atoms. The Bertz CT molecular complexity index is 398. The number of rotatable bonds is 1. The van der Waals surface area contributed by atoms with Crippen molar-refractivity contribution in [2.75, 3.05) is 17.6 Å². The van der Waals surface area contributed by atoms with Crippen LogP contribution in [0.4, 0.5) is 11.8 Å². The van der Waals surface area contributed by atoms with Crippen LogP contribution < -0.4 is 11.1 Å². The third-order valence-corrected chi connectivity index (χ3v) is 3.69. The van der Waals surface area contributed by atoms with Gasteiger partial charge in [0.2, 0.25) is 5.95 Å². The maximum atomic E-state index is 5.79. The van der Waals surface area contributed by atoms with Gasteiger partial charge in [-0.15, -0.1) is 0 Å². The summed E-state index contributed by atoms with van der Waals surface area (Å²) in [4.78, 5) is 8.81. The molecule has 0 spiro atoms. The average molecular weight is 218 g/mol. The highest BCUT2D eigenvalue weighted by atomic mass is 15.1. The number of nitrogen functional groups attached to an aromatic ring is 1. The van der Waals surface area contributed by atoms with Gasteiger partial charge in [0.25, 0.3) is 0 Å². The lowest BCUT2D eigenvalue weighted by Gasteiger charge is -2.27. The number of hydrogen-bond acceptors (Lipinski definition) is 4. The molecule has 3 N–H and O–H groups in total. The lowest BCUT2D eigenvalue weighted by atomic mass is 9.80. The lowest BCUT2D eigenvalue weighted by Crippen LogP contribution is -2.17. The van der Waals surface area contributed by atoms with E-state index in [1.165, 1.54) is 43.4 Å². The molecule has 1 fully saturated rings. The Morgan fingerprint density at radius 2 is 2.00 bits per heavy atom. The first-order valence-corrected chi connectivity index (χ1v) is 6.25. The van der Waals surface area contributed by atoms with E-state index >= 15 is 0 Å². The van der Waals surface area contributed by atoms with Crippen LogP contribution in [0.5, 0.6) is 0 Å². The largest absolute Gasteiger partial charge is 0.370 e. The fourth-order valence-electron chi connectivity index (χ4n) is 2.56.